The molecular formula is C17H27N3. The molecule has 1 saturated carbocycles. The van der Waals surface area contributed by atoms with Crippen LogP contribution in [0.2, 0.25) is 0 Å². The lowest BCUT2D eigenvalue weighted by atomic mass is 9.98. The molecule has 2 fully saturated rings. The number of piperidine rings is 1. The van der Waals surface area contributed by atoms with Gasteiger partial charge in [-0.3, -0.25) is 0 Å². The number of pyridine rings is 1. The number of anilines is 1. The van der Waals surface area contributed by atoms with Gasteiger partial charge in [0, 0.05) is 31.4 Å². The number of hydrogen-bond donors (Lipinski definition) is 1. The van der Waals surface area contributed by atoms with Crippen LogP contribution in [0.3, 0.4) is 0 Å². The first-order valence-corrected chi connectivity index (χ1v) is 8.32. The molecule has 0 aromatic carbocycles. The topological polar surface area (TPSA) is 28.2 Å². The first-order chi connectivity index (χ1) is 9.86. The molecule has 3 nitrogen and oxygen atoms in total. The summed E-state index contributed by atoms with van der Waals surface area (Å²) in [7, 11) is 0. The van der Waals surface area contributed by atoms with Gasteiger partial charge in [-0.05, 0) is 56.2 Å². The predicted molar refractivity (Wildman–Crippen MR) is 84.0 cm³/mol. The minimum absolute atomic E-state index is 0.702. The van der Waals surface area contributed by atoms with Crippen LogP contribution in [0.5, 0.6) is 0 Å². The van der Waals surface area contributed by atoms with Crippen LogP contribution in [0.4, 0.5) is 5.82 Å². The zero-order chi connectivity index (χ0) is 13.8. The Bertz CT molecular complexity index is 426. The van der Waals surface area contributed by atoms with Crippen LogP contribution < -0.4 is 10.2 Å². The van der Waals surface area contributed by atoms with Crippen LogP contribution in [-0.4, -0.2) is 23.6 Å². The van der Waals surface area contributed by atoms with Crippen molar-refractivity contribution in [1.82, 2.24) is 10.3 Å². The molecule has 0 amide bonds. The summed E-state index contributed by atoms with van der Waals surface area (Å²) in [5.41, 5.74) is 1.38. The van der Waals surface area contributed by atoms with E-state index in [1.54, 1.807) is 0 Å². The minimum atomic E-state index is 0.702. The summed E-state index contributed by atoms with van der Waals surface area (Å²) in [5.74, 6) is 1.19. The van der Waals surface area contributed by atoms with Crippen LogP contribution >= 0.6 is 0 Å². The second-order valence-corrected chi connectivity index (χ2v) is 6.31. The van der Waals surface area contributed by atoms with E-state index >= 15 is 0 Å². The van der Waals surface area contributed by atoms with Gasteiger partial charge in [0.15, 0.2) is 0 Å². The van der Waals surface area contributed by atoms with Gasteiger partial charge >= 0.3 is 0 Å². The number of aromatic nitrogens is 1. The van der Waals surface area contributed by atoms with Crippen molar-refractivity contribution in [2.24, 2.45) is 0 Å². The van der Waals surface area contributed by atoms with Crippen molar-refractivity contribution in [3.63, 3.8) is 0 Å². The maximum absolute atomic E-state index is 4.64. The Morgan fingerprint density at radius 3 is 3.00 bits per heavy atom. The van der Waals surface area contributed by atoms with E-state index in [1.165, 1.54) is 62.9 Å². The Morgan fingerprint density at radius 1 is 1.30 bits per heavy atom. The standard InChI is InChI=1S/C17H27N3/c1-2-5-16-6-3-4-11-20(16)17-12-14(9-10-18-17)13-19-15-7-8-15/h9-10,12,15-16,19H,2-8,11,13H2,1H3. The molecule has 0 bridgehead atoms. The second kappa shape index (κ2) is 6.57. The van der Waals surface area contributed by atoms with Crippen molar-refractivity contribution in [1.29, 1.82) is 0 Å². The smallest absolute Gasteiger partial charge is 0.129 e. The fourth-order valence-corrected chi connectivity index (χ4v) is 3.21. The summed E-state index contributed by atoms with van der Waals surface area (Å²) in [6.45, 7) is 4.46. The van der Waals surface area contributed by atoms with Gasteiger partial charge < -0.3 is 10.2 Å². The second-order valence-electron chi connectivity index (χ2n) is 6.31. The summed E-state index contributed by atoms with van der Waals surface area (Å²) in [5, 5.41) is 3.59. The van der Waals surface area contributed by atoms with Crippen LogP contribution in [0.1, 0.15) is 57.4 Å². The lowest BCUT2D eigenvalue weighted by Crippen LogP contribution is -2.40. The summed E-state index contributed by atoms with van der Waals surface area (Å²) < 4.78 is 0. The minimum Gasteiger partial charge on any atom is -0.354 e. The molecule has 1 aliphatic carbocycles. The zero-order valence-electron chi connectivity index (χ0n) is 12.6. The fraction of sp³-hybridized carbons (Fsp3) is 0.706. The third-order valence-corrected chi connectivity index (χ3v) is 4.53. The Kier molecular flexibility index (Phi) is 4.56. The highest BCUT2D eigenvalue weighted by Crippen LogP contribution is 2.26. The number of nitrogens with zero attached hydrogens (tertiary/aromatic N) is 2. The zero-order valence-corrected chi connectivity index (χ0v) is 12.6. The molecule has 3 heteroatoms. The number of hydrogen-bond acceptors (Lipinski definition) is 3. The summed E-state index contributed by atoms with van der Waals surface area (Å²) in [6, 6.07) is 5.92. The molecule has 2 aliphatic rings. The number of rotatable bonds is 6. The summed E-state index contributed by atoms with van der Waals surface area (Å²) in [4.78, 5) is 7.19. The van der Waals surface area contributed by atoms with Crippen molar-refractivity contribution in [3.8, 4) is 0 Å². The van der Waals surface area contributed by atoms with Crippen LogP contribution in [-0.2, 0) is 6.54 Å². The highest BCUT2D eigenvalue weighted by atomic mass is 15.2. The Balaban J connectivity index is 1.68. The van der Waals surface area contributed by atoms with Gasteiger partial charge in [-0.2, -0.15) is 0 Å². The van der Waals surface area contributed by atoms with Crippen LogP contribution in [0.25, 0.3) is 0 Å². The monoisotopic (exact) mass is 273 g/mol. The summed E-state index contributed by atoms with van der Waals surface area (Å²) in [6.07, 6.45) is 11.3. The van der Waals surface area contributed by atoms with E-state index < -0.39 is 0 Å². The molecule has 110 valence electrons. The van der Waals surface area contributed by atoms with Crippen molar-refractivity contribution in [3.05, 3.63) is 23.9 Å². The van der Waals surface area contributed by atoms with Crippen LogP contribution in [0.15, 0.2) is 18.3 Å². The van der Waals surface area contributed by atoms with Gasteiger partial charge in [0.05, 0.1) is 0 Å². The molecule has 1 aromatic rings. The maximum Gasteiger partial charge on any atom is 0.129 e. The molecule has 1 N–H and O–H groups in total. The largest absolute Gasteiger partial charge is 0.354 e. The molecular weight excluding hydrogens is 246 g/mol. The van der Waals surface area contributed by atoms with E-state index in [-0.39, 0.29) is 0 Å². The first-order valence-electron chi connectivity index (χ1n) is 8.32. The van der Waals surface area contributed by atoms with E-state index in [1.807, 2.05) is 6.20 Å². The number of nitrogens with one attached hydrogen (secondary N) is 1. The van der Waals surface area contributed by atoms with E-state index in [9.17, 15) is 0 Å². The van der Waals surface area contributed by atoms with Gasteiger partial charge in [-0.1, -0.05) is 13.3 Å². The van der Waals surface area contributed by atoms with Gasteiger partial charge in [0.1, 0.15) is 5.82 Å². The Hall–Kier alpha value is -1.09. The molecule has 2 heterocycles. The van der Waals surface area contributed by atoms with Gasteiger partial charge in [-0.25, -0.2) is 4.98 Å². The third kappa shape index (κ3) is 3.51. The van der Waals surface area contributed by atoms with E-state index in [0.29, 0.717) is 6.04 Å². The first kappa shape index (κ1) is 13.9. The molecule has 3 rings (SSSR count). The third-order valence-electron chi connectivity index (χ3n) is 4.53. The van der Waals surface area contributed by atoms with Gasteiger partial charge in [0.2, 0.25) is 0 Å². The normalized spacial score (nSPS) is 23.1. The molecule has 1 atom stereocenters. The average Bonchev–Trinajstić information content (AvgIpc) is 3.31. The highest BCUT2D eigenvalue weighted by Gasteiger charge is 2.23. The molecule has 1 aromatic heterocycles. The van der Waals surface area contributed by atoms with Gasteiger partial charge in [-0.15, -0.1) is 0 Å². The van der Waals surface area contributed by atoms with E-state index in [0.717, 1.165) is 12.6 Å². The fourth-order valence-electron chi connectivity index (χ4n) is 3.21. The van der Waals surface area contributed by atoms with Crippen molar-refractivity contribution in [2.75, 3.05) is 11.4 Å². The summed E-state index contributed by atoms with van der Waals surface area (Å²) >= 11 is 0. The van der Waals surface area contributed by atoms with Crippen molar-refractivity contribution >= 4 is 5.82 Å². The average molecular weight is 273 g/mol. The molecule has 0 radical (unpaired) electrons. The molecule has 1 aliphatic heterocycles. The van der Waals surface area contributed by atoms with Gasteiger partial charge in [0.25, 0.3) is 0 Å². The molecule has 0 spiro atoms. The predicted octanol–water partition coefficient (Wildman–Crippen LogP) is 3.49. The quantitative estimate of drug-likeness (QED) is 0.860. The Morgan fingerprint density at radius 2 is 2.20 bits per heavy atom. The highest BCUT2D eigenvalue weighted by molar-refractivity contribution is 5.42. The lowest BCUT2D eigenvalue weighted by Gasteiger charge is -2.37. The van der Waals surface area contributed by atoms with E-state index in [4.69, 9.17) is 0 Å². The SMILES string of the molecule is CCCC1CCCCN1c1cc(CNC2CC2)ccn1. The maximum atomic E-state index is 4.64. The lowest BCUT2D eigenvalue weighted by molar-refractivity contribution is 0.431. The van der Waals surface area contributed by atoms with Crippen molar-refractivity contribution < 1.29 is 0 Å². The molecule has 1 unspecified atom stereocenters. The van der Waals surface area contributed by atoms with E-state index in [2.05, 4.69) is 34.3 Å². The molecule has 1 saturated heterocycles. The molecule has 20 heavy (non-hydrogen) atoms. The van der Waals surface area contributed by atoms with Crippen molar-refractivity contribution in [2.45, 2.75) is 70.5 Å². The Labute approximate surface area is 122 Å². The van der Waals surface area contributed by atoms with Crippen LogP contribution in [0, 0.1) is 0 Å².